The van der Waals surface area contributed by atoms with E-state index in [0.29, 0.717) is 0 Å². The largest absolute Gasteiger partial charge is 0.493 e. The van der Waals surface area contributed by atoms with E-state index in [0.717, 1.165) is 47.1 Å². The second-order valence-electron chi connectivity index (χ2n) is 6.02. The van der Waals surface area contributed by atoms with E-state index in [1.165, 1.54) is 5.56 Å². The zero-order chi connectivity index (χ0) is 18.0. The van der Waals surface area contributed by atoms with E-state index in [2.05, 4.69) is 40.2 Å². The first-order chi connectivity index (χ1) is 12.0. The molecule has 0 saturated carbocycles. The molecule has 0 aliphatic rings. The number of hydrogen-bond acceptors (Lipinski definition) is 6. The minimum Gasteiger partial charge on any atom is -0.493 e. The number of aryl methyl sites for hydroxylation is 1. The van der Waals surface area contributed by atoms with Gasteiger partial charge in [-0.2, -0.15) is 9.61 Å². The van der Waals surface area contributed by atoms with Crippen LogP contribution < -0.4 is 14.4 Å². The highest BCUT2D eigenvalue weighted by Gasteiger charge is 2.15. The number of benzene rings is 1. The van der Waals surface area contributed by atoms with Crippen LogP contribution in [0.2, 0.25) is 0 Å². The van der Waals surface area contributed by atoms with Crippen LogP contribution in [0.3, 0.4) is 0 Å². The summed E-state index contributed by atoms with van der Waals surface area (Å²) in [5.41, 5.74) is 5.12. The highest BCUT2D eigenvalue weighted by molar-refractivity contribution is 5.72. The van der Waals surface area contributed by atoms with Gasteiger partial charge in [0.15, 0.2) is 11.5 Å². The van der Waals surface area contributed by atoms with Gasteiger partial charge in [-0.15, -0.1) is 10.2 Å². The number of aromatic nitrogens is 4. The van der Waals surface area contributed by atoms with Gasteiger partial charge in [0.1, 0.15) is 6.33 Å². The Balaban J connectivity index is 1.83. The number of rotatable bonds is 6. The topological polar surface area (TPSA) is 64.8 Å². The Hall–Kier alpha value is -2.83. The molecule has 7 heteroatoms. The van der Waals surface area contributed by atoms with Crippen molar-refractivity contribution in [3.63, 3.8) is 0 Å². The summed E-state index contributed by atoms with van der Waals surface area (Å²) in [6.45, 7) is 4.90. The lowest BCUT2D eigenvalue weighted by atomic mass is 10.1. The van der Waals surface area contributed by atoms with E-state index in [4.69, 9.17) is 9.47 Å². The number of methoxy groups -OCH3 is 2. The Kier molecular flexibility index (Phi) is 4.74. The normalized spacial score (nSPS) is 10.9. The molecule has 0 unspecified atom stereocenters. The fourth-order valence-corrected chi connectivity index (χ4v) is 2.94. The van der Waals surface area contributed by atoms with Crippen molar-refractivity contribution in [3.8, 4) is 11.5 Å². The maximum atomic E-state index is 5.38. The Morgan fingerprint density at radius 1 is 1.12 bits per heavy atom. The summed E-state index contributed by atoms with van der Waals surface area (Å²) in [4.78, 5) is 2.20. The van der Waals surface area contributed by atoms with Crippen molar-refractivity contribution in [2.45, 2.75) is 20.3 Å². The third kappa shape index (κ3) is 3.22. The molecule has 0 saturated heterocycles. The first kappa shape index (κ1) is 17.0. The zero-order valence-electron chi connectivity index (χ0n) is 15.3. The SMILES string of the molecule is COc1ccc(CCN(C)c2c(C)c(C)nn3cnnc23)cc1OC. The van der Waals surface area contributed by atoms with Gasteiger partial charge >= 0.3 is 0 Å². The summed E-state index contributed by atoms with van der Waals surface area (Å²) in [6, 6.07) is 6.02. The van der Waals surface area contributed by atoms with Crippen molar-refractivity contribution in [1.82, 2.24) is 19.8 Å². The van der Waals surface area contributed by atoms with Gasteiger partial charge in [-0.3, -0.25) is 0 Å². The zero-order valence-corrected chi connectivity index (χ0v) is 15.3. The average molecular weight is 341 g/mol. The van der Waals surface area contributed by atoms with E-state index in [1.54, 1.807) is 25.1 Å². The molecule has 0 fully saturated rings. The summed E-state index contributed by atoms with van der Waals surface area (Å²) in [5, 5.41) is 12.7. The quantitative estimate of drug-likeness (QED) is 0.686. The van der Waals surface area contributed by atoms with Gasteiger partial charge < -0.3 is 14.4 Å². The predicted octanol–water partition coefficient (Wildman–Crippen LogP) is 2.44. The summed E-state index contributed by atoms with van der Waals surface area (Å²) in [6.07, 6.45) is 2.51. The molecule has 2 aromatic heterocycles. The maximum Gasteiger partial charge on any atom is 0.201 e. The number of likely N-dealkylation sites (N-methyl/N-ethyl adjacent to an activating group) is 1. The minimum atomic E-state index is 0.741. The smallest absolute Gasteiger partial charge is 0.201 e. The highest BCUT2D eigenvalue weighted by atomic mass is 16.5. The first-order valence-electron chi connectivity index (χ1n) is 8.14. The molecule has 3 rings (SSSR count). The third-order valence-electron chi connectivity index (χ3n) is 4.46. The van der Waals surface area contributed by atoms with E-state index in [-0.39, 0.29) is 0 Å². The van der Waals surface area contributed by atoms with Crippen LogP contribution in [0.25, 0.3) is 5.65 Å². The number of nitrogens with zero attached hydrogens (tertiary/aromatic N) is 5. The first-order valence-corrected chi connectivity index (χ1v) is 8.14. The van der Waals surface area contributed by atoms with Crippen molar-refractivity contribution in [1.29, 1.82) is 0 Å². The third-order valence-corrected chi connectivity index (χ3v) is 4.46. The number of anilines is 1. The van der Waals surface area contributed by atoms with Gasteiger partial charge in [-0.05, 0) is 43.5 Å². The molecule has 0 bridgehead atoms. The fourth-order valence-electron chi connectivity index (χ4n) is 2.94. The van der Waals surface area contributed by atoms with Crippen LogP contribution >= 0.6 is 0 Å². The standard InChI is InChI=1S/C18H23N5O2/c1-12-13(2)21-23-11-19-20-18(23)17(12)22(3)9-8-14-6-7-15(24-4)16(10-14)25-5/h6-7,10-11H,8-9H2,1-5H3. The Morgan fingerprint density at radius 2 is 1.88 bits per heavy atom. The molecule has 0 N–H and O–H groups in total. The van der Waals surface area contributed by atoms with Crippen LogP contribution in [-0.2, 0) is 6.42 Å². The lowest BCUT2D eigenvalue weighted by Crippen LogP contribution is -2.23. The monoisotopic (exact) mass is 341 g/mol. The van der Waals surface area contributed by atoms with Gasteiger partial charge in [-0.25, -0.2) is 0 Å². The van der Waals surface area contributed by atoms with Gasteiger partial charge in [0.05, 0.1) is 25.6 Å². The van der Waals surface area contributed by atoms with Crippen molar-refractivity contribution in [2.75, 3.05) is 32.7 Å². The summed E-state index contributed by atoms with van der Waals surface area (Å²) in [7, 11) is 5.36. The summed E-state index contributed by atoms with van der Waals surface area (Å²) >= 11 is 0. The van der Waals surface area contributed by atoms with Crippen LogP contribution in [-0.4, -0.2) is 47.6 Å². The van der Waals surface area contributed by atoms with E-state index in [1.807, 2.05) is 19.1 Å². The second-order valence-corrected chi connectivity index (χ2v) is 6.02. The molecule has 0 amide bonds. The summed E-state index contributed by atoms with van der Waals surface area (Å²) < 4.78 is 12.4. The van der Waals surface area contributed by atoms with Gasteiger partial charge in [0.25, 0.3) is 0 Å². The number of fused-ring (bicyclic) bond motifs is 1. The molecule has 3 aromatic rings. The molecule has 0 radical (unpaired) electrons. The maximum absolute atomic E-state index is 5.38. The fraction of sp³-hybridized carbons (Fsp3) is 0.389. The summed E-state index contributed by atoms with van der Waals surface area (Å²) in [5.74, 6) is 1.49. The van der Waals surface area contributed by atoms with Crippen LogP contribution in [0.1, 0.15) is 16.8 Å². The van der Waals surface area contributed by atoms with Crippen LogP contribution in [0.4, 0.5) is 5.69 Å². The molecular formula is C18H23N5O2. The molecule has 1 aromatic carbocycles. The number of ether oxygens (including phenoxy) is 2. The van der Waals surface area contributed by atoms with E-state index >= 15 is 0 Å². The average Bonchev–Trinajstić information content (AvgIpc) is 3.07. The van der Waals surface area contributed by atoms with E-state index in [9.17, 15) is 0 Å². The predicted molar refractivity (Wildman–Crippen MR) is 96.8 cm³/mol. The molecule has 132 valence electrons. The molecule has 2 heterocycles. The molecule has 0 spiro atoms. The van der Waals surface area contributed by atoms with Crippen LogP contribution in [0, 0.1) is 13.8 Å². The van der Waals surface area contributed by atoms with Crippen molar-refractivity contribution >= 4 is 11.3 Å². The molecule has 0 atom stereocenters. The van der Waals surface area contributed by atoms with Crippen LogP contribution in [0.5, 0.6) is 11.5 Å². The van der Waals surface area contributed by atoms with Crippen molar-refractivity contribution < 1.29 is 9.47 Å². The lowest BCUT2D eigenvalue weighted by Gasteiger charge is -2.22. The molecule has 25 heavy (non-hydrogen) atoms. The van der Waals surface area contributed by atoms with Gasteiger partial charge in [-0.1, -0.05) is 6.07 Å². The Bertz CT molecular complexity index is 891. The lowest BCUT2D eigenvalue weighted by molar-refractivity contribution is 0.354. The molecule has 0 aliphatic heterocycles. The van der Waals surface area contributed by atoms with Crippen molar-refractivity contribution in [2.24, 2.45) is 0 Å². The van der Waals surface area contributed by atoms with Gasteiger partial charge in [0, 0.05) is 13.6 Å². The Morgan fingerprint density at radius 3 is 2.60 bits per heavy atom. The molecule has 7 nitrogen and oxygen atoms in total. The van der Waals surface area contributed by atoms with Crippen LogP contribution in [0.15, 0.2) is 24.5 Å². The van der Waals surface area contributed by atoms with Gasteiger partial charge in [0.2, 0.25) is 5.65 Å². The van der Waals surface area contributed by atoms with Crippen molar-refractivity contribution in [3.05, 3.63) is 41.3 Å². The minimum absolute atomic E-state index is 0.741. The second kappa shape index (κ2) is 6.96. The molecule has 0 aliphatic carbocycles. The van der Waals surface area contributed by atoms with E-state index < -0.39 is 0 Å². The molecular weight excluding hydrogens is 318 g/mol. The Labute approximate surface area is 147 Å². The highest BCUT2D eigenvalue weighted by Crippen LogP contribution is 2.29. The number of hydrogen-bond donors (Lipinski definition) is 0.